The van der Waals surface area contributed by atoms with Gasteiger partial charge in [0.05, 0.1) is 0 Å². The van der Waals surface area contributed by atoms with E-state index in [2.05, 4.69) is 17.3 Å². The standard InChI is InChI=1S/CH3Cl.CH5N2/c1-2;2-1-3/h1H3;2H,1,3H2/q;-1. The minimum Gasteiger partial charge on any atom is -0.665 e. The summed E-state index contributed by atoms with van der Waals surface area (Å²) in [6.45, 7) is 0. The second kappa shape index (κ2) is 29.6. The first-order valence-electron chi connectivity index (χ1n) is 1.14. The molecule has 0 aromatic carbocycles. The molecule has 0 aliphatic carbocycles. The summed E-state index contributed by atoms with van der Waals surface area (Å²) in [5, 5.41) is 0. The van der Waals surface area contributed by atoms with E-state index >= 15 is 0 Å². The highest BCUT2D eigenvalue weighted by atomic mass is 35.5. The van der Waals surface area contributed by atoms with Gasteiger partial charge in [0.25, 0.3) is 0 Å². The van der Waals surface area contributed by atoms with E-state index in [4.69, 9.17) is 5.73 Å². The lowest BCUT2D eigenvalue weighted by Crippen LogP contribution is -1.86. The van der Waals surface area contributed by atoms with Crippen molar-refractivity contribution < 1.29 is 0 Å². The predicted molar refractivity (Wildman–Crippen MR) is 25.2 cm³/mol. The Kier molecular flexibility index (Phi) is 53.1. The van der Waals surface area contributed by atoms with Gasteiger partial charge in [0.1, 0.15) is 0 Å². The SMILES string of the molecule is CCl.[NH-]CN. The number of alkyl halides is 1. The van der Waals surface area contributed by atoms with Crippen molar-refractivity contribution in [3.05, 3.63) is 5.73 Å². The Bertz CT molecular complexity index is 7.61. The fourth-order valence-electron chi connectivity index (χ4n) is 0. The van der Waals surface area contributed by atoms with E-state index in [1.807, 2.05) is 0 Å². The lowest BCUT2D eigenvalue weighted by Gasteiger charge is -1.75. The minimum atomic E-state index is 0. The molecule has 0 spiro atoms. The lowest BCUT2D eigenvalue weighted by molar-refractivity contribution is 1.27. The molecule has 0 rings (SSSR count). The van der Waals surface area contributed by atoms with Crippen molar-refractivity contribution in [2.45, 2.75) is 0 Å². The van der Waals surface area contributed by atoms with Gasteiger partial charge in [0, 0.05) is 6.38 Å². The largest absolute Gasteiger partial charge is 0.665 e. The Balaban J connectivity index is 0. The second-order valence-corrected chi connectivity index (χ2v) is 0.204. The van der Waals surface area contributed by atoms with Crippen LogP contribution in [0.3, 0.4) is 0 Å². The number of nitrogens with two attached hydrogens (primary N) is 1. The van der Waals surface area contributed by atoms with Crippen LogP contribution in [0.25, 0.3) is 5.73 Å². The van der Waals surface area contributed by atoms with Gasteiger partial charge >= 0.3 is 0 Å². The maximum atomic E-state index is 5.99. The van der Waals surface area contributed by atoms with Gasteiger partial charge in [-0.05, 0) is 0 Å². The molecule has 0 unspecified atom stereocenters. The molecule has 5 heavy (non-hydrogen) atoms. The topological polar surface area (TPSA) is 49.8 Å². The van der Waals surface area contributed by atoms with Crippen LogP contribution < -0.4 is 5.73 Å². The van der Waals surface area contributed by atoms with Gasteiger partial charge in [-0.1, -0.05) is 0 Å². The van der Waals surface area contributed by atoms with Crippen LogP contribution in [0.2, 0.25) is 0 Å². The lowest BCUT2D eigenvalue weighted by atomic mass is 11.3. The van der Waals surface area contributed by atoms with Crippen LogP contribution in [0.5, 0.6) is 0 Å². The molecule has 0 aromatic heterocycles. The van der Waals surface area contributed by atoms with Gasteiger partial charge in [-0.2, -0.15) is 0 Å². The molecule has 0 aliphatic rings. The van der Waals surface area contributed by atoms with Gasteiger partial charge in [-0.3, -0.25) is 0 Å². The Morgan fingerprint density at radius 1 is 1.80 bits per heavy atom. The van der Waals surface area contributed by atoms with Crippen molar-refractivity contribution in [2.75, 3.05) is 13.1 Å². The zero-order chi connectivity index (χ0) is 4.71. The van der Waals surface area contributed by atoms with E-state index in [0.717, 1.165) is 0 Å². The summed E-state index contributed by atoms with van der Waals surface area (Å²) in [4.78, 5) is 0. The van der Waals surface area contributed by atoms with E-state index in [9.17, 15) is 0 Å². The van der Waals surface area contributed by atoms with E-state index in [0.29, 0.717) is 0 Å². The predicted octanol–water partition coefficient (Wildman–Crippen LogP) is 0.810. The number of nitrogens with one attached hydrogen (secondary N) is 1. The monoisotopic (exact) mass is 95.0 g/mol. The molecule has 3 heteroatoms. The quantitative estimate of drug-likeness (QED) is 0.445. The van der Waals surface area contributed by atoms with Crippen molar-refractivity contribution in [2.24, 2.45) is 5.73 Å². The molecule has 0 bridgehead atoms. The van der Waals surface area contributed by atoms with Crippen LogP contribution in [-0.2, 0) is 0 Å². The molecule has 0 atom stereocenters. The van der Waals surface area contributed by atoms with Crippen molar-refractivity contribution in [1.29, 1.82) is 0 Å². The number of hydrogen-bond acceptors (Lipinski definition) is 1. The van der Waals surface area contributed by atoms with E-state index in [-0.39, 0.29) is 6.67 Å². The maximum absolute atomic E-state index is 5.99. The first-order valence-corrected chi connectivity index (χ1v) is 1.90. The third kappa shape index (κ3) is 466. The normalized spacial score (nSPS) is 4.80. The molecule has 0 aromatic rings. The molecule has 34 valence electrons. The molecular weight excluding hydrogens is 87.5 g/mol. The molecule has 0 amide bonds. The van der Waals surface area contributed by atoms with Gasteiger partial charge in [0.15, 0.2) is 0 Å². The van der Waals surface area contributed by atoms with Gasteiger partial charge < -0.3 is 11.5 Å². The van der Waals surface area contributed by atoms with Gasteiger partial charge in [-0.25, -0.2) is 0 Å². The van der Waals surface area contributed by atoms with Crippen molar-refractivity contribution >= 4 is 11.6 Å². The molecule has 0 heterocycles. The number of rotatable bonds is 0. The van der Waals surface area contributed by atoms with Crippen molar-refractivity contribution in [3.8, 4) is 0 Å². The molecule has 3 N–H and O–H groups in total. The highest BCUT2D eigenvalue weighted by Gasteiger charge is 1.13. The second-order valence-electron chi connectivity index (χ2n) is 0.204. The van der Waals surface area contributed by atoms with Crippen molar-refractivity contribution in [1.82, 2.24) is 0 Å². The summed E-state index contributed by atoms with van der Waals surface area (Å²) in [5.41, 5.74) is 10.5. The Labute approximate surface area is 37.1 Å². The molecule has 0 saturated carbocycles. The molecule has 0 saturated heterocycles. The van der Waals surface area contributed by atoms with Crippen molar-refractivity contribution in [3.63, 3.8) is 0 Å². The highest BCUT2D eigenvalue weighted by molar-refractivity contribution is 6.15. The Morgan fingerprint density at radius 3 is 1.80 bits per heavy atom. The zero-order valence-electron chi connectivity index (χ0n) is 3.16. The number of halogens is 1. The fourth-order valence-corrected chi connectivity index (χ4v) is 0. The van der Waals surface area contributed by atoms with Crippen LogP contribution in [0.1, 0.15) is 0 Å². The average molecular weight is 95.6 g/mol. The summed E-state index contributed by atoms with van der Waals surface area (Å²) >= 11 is 4.64. The van der Waals surface area contributed by atoms with Crippen LogP contribution in [0.4, 0.5) is 0 Å². The third-order valence-electron chi connectivity index (χ3n) is 0. The molecule has 0 fully saturated rings. The molecular formula is C2H8ClN2-. The first-order chi connectivity index (χ1) is 2.41. The van der Waals surface area contributed by atoms with E-state index in [1.54, 1.807) is 0 Å². The van der Waals surface area contributed by atoms with Crippen LogP contribution >= 0.6 is 11.6 Å². The Hall–Kier alpha value is 0.210. The number of hydrogen-bond donors (Lipinski definition) is 1. The van der Waals surface area contributed by atoms with E-state index < -0.39 is 0 Å². The summed E-state index contributed by atoms with van der Waals surface area (Å²) in [6, 6.07) is 0. The molecule has 2 nitrogen and oxygen atoms in total. The maximum Gasteiger partial charge on any atom is 0.0108 e. The summed E-state index contributed by atoms with van der Waals surface area (Å²) in [6.07, 6.45) is 1.47. The third-order valence-corrected chi connectivity index (χ3v) is 0. The molecule has 0 aliphatic heterocycles. The summed E-state index contributed by atoms with van der Waals surface area (Å²) in [7, 11) is 0. The van der Waals surface area contributed by atoms with E-state index in [1.165, 1.54) is 6.38 Å². The fraction of sp³-hybridized carbons (Fsp3) is 1.00. The molecule has 0 radical (unpaired) electrons. The zero-order valence-corrected chi connectivity index (χ0v) is 3.92. The smallest absolute Gasteiger partial charge is 0.0108 e. The summed E-state index contributed by atoms with van der Waals surface area (Å²) < 4.78 is 0. The van der Waals surface area contributed by atoms with Crippen LogP contribution in [0, 0.1) is 0 Å². The van der Waals surface area contributed by atoms with Gasteiger partial charge in [0.2, 0.25) is 0 Å². The van der Waals surface area contributed by atoms with Gasteiger partial charge in [-0.15, -0.1) is 18.3 Å². The Morgan fingerprint density at radius 2 is 1.80 bits per heavy atom. The van der Waals surface area contributed by atoms with Crippen LogP contribution in [0.15, 0.2) is 0 Å². The van der Waals surface area contributed by atoms with Crippen LogP contribution in [-0.4, -0.2) is 13.1 Å². The summed E-state index contributed by atoms with van der Waals surface area (Å²) in [5.74, 6) is 0. The minimum absolute atomic E-state index is 0. The average Bonchev–Trinajstić information content (AvgIpc) is 1.46. The highest BCUT2D eigenvalue weighted by Crippen LogP contribution is 1.34. The first kappa shape index (κ1) is 8.96.